The Labute approximate surface area is 238 Å². The van der Waals surface area contributed by atoms with Crippen molar-refractivity contribution in [1.29, 1.82) is 0 Å². The summed E-state index contributed by atoms with van der Waals surface area (Å²) in [4.78, 5) is 12.5. The van der Waals surface area contributed by atoms with E-state index in [0.29, 0.717) is 31.1 Å². The van der Waals surface area contributed by atoms with Crippen molar-refractivity contribution >= 4 is 46.2 Å². The van der Waals surface area contributed by atoms with Crippen molar-refractivity contribution in [2.75, 3.05) is 27.0 Å². The van der Waals surface area contributed by atoms with Gasteiger partial charge in [-0.2, -0.15) is 0 Å². The molecule has 0 saturated heterocycles. The second kappa shape index (κ2) is 13.2. The molecule has 4 aromatic rings. The van der Waals surface area contributed by atoms with Crippen LogP contribution in [0.15, 0.2) is 103 Å². The molecule has 0 aromatic heterocycles. The minimum Gasteiger partial charge on any atom is -0.147 e. The molecule has 4 aromatic carbocycles. The van der Waals surface area contributed by atoms with Crippen LogP contribution in [0, 0.1) is 0 Å². The number of esters is 1. The summed E-state index contributed by atoms with van der Waals surface area (Å²) in [6.07, 6.45) is 0.804. The van der Waals surface area contributed by atoms with Gasteiger partial charge in [-0.15, -0.1) is 12.4 Å². The van der Waals surface area contributed by atoms with Crippen molar-refractivity contribution in [3.05, 3.63) is 109 Å². The summed E-state index contributed by atoms with van der Waals surface area (Å²) < 4.78 is 17.2. The average Bonchev–Trinajstić information content (AvgIpc) is 2.97. The van der Waals surface area contributed by atoms with E-state index >= 15 is 0 Å². The van der Waals surface area contributed by atoms with E-state index in [1.54, 1.807) is 7.11 Å². The van der Waals surface area contributed by atoms with Gasteiger partial charge in [-0.25, -0.2) is 0 Å². The third-order valence-corrected chi connectivity index (χ3v) is 13.8. The van der Waals surface area contributed by atoms with Crippen molar-refractivity contribution in [2.45, 2.75) is 26.7 Å². The summed E-state index contributed by atoms with van der Waals surface area (Å²) in [5, 5.41) is 4.87. The van der Waals surface area contributed by atoms with E-state index in [2.05, 4.69) is 110 Å². The van der Waals surface area contributed by atoms with Gasteiger partial charge in [0.25, 0.3) is 0 Å². The first-order chi connectivity index (χ1) is 18.5. The molecule has 0 unspecified atom stereocenters. The fourth-order valence-corrected chi connectivity index (χ4v) is 11.3. The summed E-state index contributed by atoms with van der Waals surface area (Å²) in [6, 6.07) is 36.4. The van der Waals surface area contributed by atoms with Gasteiger partial charge < -0.3 is 0 Å². The maximum Gasteiger partial charge on any atom is -0.147 e. The molecule has 0 bridgehead atoms. The molecule has 4 rings (SSSR count). The Bertz CT molecular complexity index is 1260. The molecule has 39 heavy (non-hydrogen) atoms. The van der Waals surface area contributed by atoms with Gasteiger partial charge in [-0.3, -0.25) is 0 Å². The number of carbonyl (C=O) groups excluding carboxylic acids is 1. The van der Waals surface area contributed by atoms with E-state index in [9.17, 15) is 4.79 Å². The van der Waals surface area contributed by atoms with Crippen LogP contribution in [0.4, 0.5) is 0 Å². The quantitative estimate of drug-likeness (QED) is 0.171. The van der Waals surface area contributed by atoms with Crippen LogP contribution in [0.2, 0.25) is 0 Å². The number of hydrogen-bond donors (Lipinski definition) is 0. The van der Waals surface area contributed by atoms with Crippen LogP contribution in [0.25, 0.3) is 0 Å². The molecule has 0 spiro atoms. The van der Waals surface area contributed by atoms with Crippen molar-refractivity contribution in [3.8, 4) is 11.5 Å². The third kappa shape index (κ3) is 5.55. The number of aryl methyl sites for hydroxylation is 1. The number of halogens is 1. The summed E-state index contributed by atoms with van der Waals surface area (Å²) in [5.74, 6) is 1.15. The fourth-order valence-electron chi connectivity index (χ4n) is 5.48. The SMILES string of the molecule is CCOC(=O)CCc1cc(OC)c(OCC)cc1P(C)(c1ccccc1)(c1ccccc1)c1ccccc1.Cl. The van der Waals surface area contributed by atoms with Crippen LogP contribution < -0.4 is 30.7 Å². The summed E-state index contributed by atoms with van der Waals surface area (Å²) >= 11 is 0. The third-order valence-electron chi connectivity index (χ3n) is 7.38. The molecular weight excluding hydrogens is 527 g/mol. The zero-order valence-corrected chi connectivity index (χ0v) is 24.8. The molecule has 4 nitrogen and oxygen atoms in total. The van der Waals surface area contributed by atoms with Gasteiger partial charge in [0.1, 0.15) is 0 Å². The Kier molecular flexibility index (Phi) is 10.2. The fraction of sp³-hybridized carbons (Fsp3) is 0.242. The van der Waals surface area contributed by atoms with Crippen LogP contribution in [0.5, 0.6) is 11.5 Å². The predicted octanol–water partition coefficient (Wildman–Crippen LogP) is 5.80. The Morgan fingerprint density at radius 1 is 0.718 bits per heavy atom. The van der Waals surface area contributed by atoms with E-state index in [-0.39, 0.29) is 24.8 Å². The maximum absolute atomic E-state index is 12.5. The van der Waals surface area contributed by atoms with Crippen molar-refractivity contribution in [3.63, 3.8) is 0 Å². The normalized spacial score (nSPS) is 11.9. The van der Waals surface area contributed by atoms with Gasteiger partial charge in [0, 0.05) is 0 Å². The number of rotatable bonds is 11. The monoisotopic (exact) mass is 564 g/mol. The molecule has 0 aliphatic carbocycles. The Morgan fingerprint density at radius 3 is 1.62 bits per heavy atom. The molecule has 0 saturated carbocycles. The largest absolute Gasteiger partial charge is 0.147 e. The van der Waals surface area contributed by atoms with E-state index < -0.39 is 6.60 Å². The van der Waals surface area contributed by atoms with Crippen LogP contribution in [-0.2, 0) is 16.0 Å². The van der Waals surface area contributed by atoms with E-state index in [0.717, 1.165) is 10.9 Å². The summed E-state index contributed by atoms with van der Waals surface area (Å²) in [5.41, 5.74) is 1.05. The summed E-state index contributed by atoms with van der Waals surface area (Å²) in [7, 11) is 1.66. The Hall–Kier alpha value is -3.33. The van der Waals surface area contributed by atoms with E-state index in [1.807, 2.05) is 13.8 Å². The summed E-state index contributed by atoms with van der Waals surface area (Å²) in [6.45, 7) is 3.75. The van der Waals surface area contributed by atoms with Gasteiger partial charge in [0.2, 0.25) is 0 Å². The molecule has 206 valence electrons. The Morgan fingerprint density at radius 2 is 1.21 bits per heavy atom. The van der Waals surface area contributed by atoms with Crippen LogP contribution in [0.3, 0.4) is 0 Å². The van der Waals surface area contributed by atoms with Crippen molar-refractivity contribution < 1.29 is 19.0 Å². The topological polar surface area (TPSA) is 44.8 Å². The zero-order chi connectivity index (χ0) is 27.0. The molecular formula is C33H38ClO4P. The van der Waals surface area contributed by atoms with Crippen molar-refractivity contribution in [1.82, 2.24) is 0 Å². The molecule has 0 aliphatic rings. The standard InChI is InChI=1S/C33H37O4P.ClH/c1-5-36-31-25-32(26(24-30(31)35-3)22-23-33(34)37-6-2)38(4,27-16-10-7-11-17-27,28-18-12-8-13-19-28)29-20-14-9-15-21-29;/h7-21,24-25H,5-6,22-23H2,1-4H3;1H. The first-order valence-corrected chi connectivity index (χ1v) is 15.8. The smallest absolute Gasteiger partial charge is 0.147 e. The molecule has 0 radical (unpaired) electrons. The van der Waals surface area contributed by atoms with E-state index in [4.69, 9.17) is 14.2 Å². The number of ether oxygens (including phenoxy) is 3. The second-order valence-corrected chi connectivity index (χ2v) is 14.6. The number of carbonyl (C=O) groups is 1. The molecule has 0 heterocycles. The average molecular weight is 565 g/mol. The predicted molar refractivity (Wildman–Crippen MR) is 167 cm³/mol. The number of benzene rings is 4. The van der Waals surface area contributed by atoms with Gasteiger partial charge in [0.05, 0.1) is 0 Å². The molecule has 0 atom stereocenters. The van der Waals surface area contributed by atoms with Gasteiger partial charge in [-0.1, -0.05) is 0 Å². The number of methoxy groups -OCH3 is 1. The molecule has 0 fully saturated rings. The minimum atomic E-state index is -3.35. The van der Waals surface area contributed by atoms with Gasteiger partial charge >= 0.3 is 227 Å². The van der Waals surface area contributed by atoms with Crippen LogP contribution in [0.1, 0.15) is 25.8 Å². The first kappa shape index (κ1) is 30.2. The van der Waals surface area contributed by atoms with Crippen molar-refractivity contribution in [2.24, 2.45) is 0 Å². The van der Waals surface area contributed by atoms with Gasteiger partial charge in [-0.05, 0) is 0 Å². The second-order valence-electron chi connectivity index (χ2n) is 9.44. The van der Waals surface area contributed by atoms with E-state index in [1.165, 1.54) is 15.9 Å². The molecule has 0 amide bonds. The van der Waals surface area contributed by atoms with Crippen LogP contribution in [-0.4, -0.2) is 33.0 Å². The van der Waals surface area contributed by atoms with Crippen LogP contribution >= 0.6 is 19.0 Å². The zero-order valence-electron chi connectivity index (χ0n) is 23.1. The Balaban J connectivity index is 0.00000420. The maximum atomic E-state index is 12.5. The molecule has 0 aliphatic heterocycles. The first-order valence-electron chi connectivity index (χ1n) is 13.2. The van der Waals surface area contributed by atoms with Gasteiger partial charge in [0.15, 0.2) is 0 Å². The molecule has 6 heteroatoms. The number of hydrogen-bond acceptors (Lipinski definition) is 4. The molecule has 0 N–H and O–H groups in total. The minimum absolute atomic E-state index is 0.